The van der Waals surface area contributed by atoms with E-state index < -0.39 is 5.60 Å². The number of piperidine rings is 1. The van der Waals surface area contributed by atoms with Crippen molar-refractivity contribution in [2.75, 3.05) is 6.54 Å². The van der Waals surface area contributed by atoms with Crippen LogP contribution in [0.2, 0.25) is 0 Å². The second-order valence-electron chi connectivity index (χ2n) is 6.85. The first-order valence-corrected chi connectivity index (χ1v) is 7.46. The van der Waals surface area contributed by atoms with E-state index in [1.807, 2.05) is 25.7 Å². The Morgan fingerprint density at radius 2 is 1.89 bits per heavy atom. The molecule has 0 saturated carbocycles. The van der Waals surface area contributed by atoms with E-state index in [0.717, 1.165) is 19.4 Å². The van der Waals surface area contributed by atoms with Crippen LogP contribution in [-0.2, 0) is 4.74 Å². The minimum Gasteiger partial charge on any atom is -0.444 e. The molecule has 0 unspecified atom stereocenters. The zero-order valence-electron chi connectivity index (χ0n) is 13.3. The van der Waals surface area contributed by atoms with Gasteiger partial charge in [-0.15, -0.1) is 0 Å². The van der Waals surface area contributed by atoms with Gasteiger partial charge in [0.2, 0.25) is 0 Å². The molecule has 112 valence electrons. The number of nitrogens with zero attached hydrogens (tertiary/aromatic N) is 1. The van der Waals surface area contributed by atoms with Crippen molar-refractivity contribution in [3.63, 3.8) is 0 Å². The molecule has 0 spiro atoms. The van der Waals surface area contributed by atoms with Crippen molar-refractivity contribution in [3.8, 4) is 0 Å². The van der Waals surface area contributed by atoms with Crippen LogP contribution in [0.5, 0.6) is 0 Å². The van der Waals surface area contributed by atoms with Gasteiger partial charge in [-0.2, -0.15) is 0 Å². The summed E-state index contributed by atoms with van der Waals surface area (Å²) in [5.74, 6) is 0. The summed E-state index contributed by atoms with van der Waals surface area (Å²) < 4.78 is 5.52. The van der Waals surface area contributed by atoms with Crippen LogP contribution in [0.25, 0.3) is 0 Å². The average molecular weight is 270 g/mol. The van der Waals surface area contributed by atoms with E-state index in [-0.39, 0.29) is 12.1 Å². The Kier molecular flexibility index (Phi) is 5.65. The molecule has 1 aliphatic heterocycles. The maximum atomic E-state index is 12.3. The van der Waals surface area contributed by atoms with Gasteiger partial charge < -0.3 is 15.0 Å². The van der Waals surface area contributed by atoms with Gasteiger partial charge in [0, 0.05) is 18.6 Å². The van der Waals surface area contributed by atoms with Gasteiger partial charge in [0.15, 0.2) is 0 Å². The second-order valence-corrected chi connectivity index (χ2v) is 6.85. The number of amides is 1. The predicted molar refractivity (Wildman–Crippen MR) is 78.3 cm³/mol. The molecule has 1 fully saturated rings. The molecular formula is C15H30N2O2. The van der Waals surface area contributed by atoms with Gasteiger partial charge in [-0.05, 0) is 47.0 Å². The van der Waals surface area contributed by atoms with E-state index in [0.29, 0.717) is 12.1 Å². The third-order valence-corrected chi connectivity index (χ3v) is 3.35. The van der Waals surface area contributed by atoms with E-state index in [9.17, 15) is 4.79 Å². The normalized spacial score (nSPS) is 22.5. The molecule has 19 heavy (non-hydrogen) atoms. The summed E-state index contributed by atoms with van der Waals surface area (Å²) in [6, 6.07) is 0.969. The van der Waals surface area contributed by atoms with Crippen LogP contribution in [0.15, 0.2) is 0 Å². The Morgan fingerprint density at radius 3 is 2.42 bits per heavy atom. The molecule has 2 atom stereocenters. The lowest BCUT2D eigenvalue weighted by atomic mass is 9.96. The smallest absolute Gasteiger partial charge is 0.410 e. The van der Waals surface area contributed by atoms with Crippen molar-refractivity contribution in [3.05, 3.63) is 0 Å². The third kappa shape index (κ3) is 5.39. The van der Waals surface area contributed by atoms with Crippen molar-refractivity contribution in [1.29, 1.82) is 0 Å². The van der Waals surface area contributed by atoms with Crippen LogP contribution in [-0.4, -0.2) is 41.3 Å². The van der Waals surface area contributed by atoms with Crippen LogP contribution in [0.4, 0.5) is 4.79 Å². The first-order valence-electron chi connectivity index (χ1n) is 7.46. The van der Waals surface area contributed by atoms with E-state index in [2.05, 4.69) is 26.1 Å². The van der Waals surface area contributed by atoms with E-state index in [4.69, 9.17) is 4.74 Å². The molecule has 1 amide bonds. The van der Waals surface area contributed by atoms with E-state index in [1.165, 1.54) is 6.42 Å². The zero-order chi connectivity index (χ0) is 14.6. The number of hydrogen-bond acceptors (Lipinski definition) is 3. The Labute approximate surface area is 117 Å². The lowest BCUT2D eigenvalue weighted by Crippen LogP contribution is -2.55. The Bertz CT molecular complexity index is 297. The molecular weight excluding hydrogens is 240 g/mol. The minimum absolute atomic E-state index is 0.172. The van der Waals surface area contributed by atoms with Gasteiger partial charge in [-0.25, -0.2) is 4.79 Å². The van der Waals surface area contributed by atoms with Crippen LogP contribution in [0.3, 0.4) is 0 Å². The summed E-state index contributed by atoms with van der Waals surface area (Å²) in [4.78, 5) is 14.2. The average Bonchev–Trinajstić information content (AvgIpc) is 2.25. The molecule has 1 rings (SSSR count). The van der Waals surface area contributed by atoms with Crippen molar-refractivity contribution < 1.29 is 9.53 Å². The Morgan fingerprint density at radius 1 is 1.26 bits per heavy atom. The number of carbonyl (C=O) groups is 1. The van der Waals surface area contributed by atoms with Gasteiger partial charge >= 0.3 is 6.09 Å². The largest absolute Gasteiger partial charge is 0.444 e. The van der Waals surface area contributed by atoms with Crippen LogP contribution >= 0.6 is 0 Å². The highest BCUT2D eigenvalue weighted by molar-refractivity contribution is 5.68. The number of carbonyl (C=O) groups excluding carboxylic acids is 1. The van der Waals surface area contributed by atoms with Gasteiger partial charge in [0.25, 0.3) is 0 Å². The fourth-order valence-electron chi connectivity index (χ4n) is 2.66. The monoisotopic (exact) mass is 270 g/mol. The topological polar surface area (TPSA) is 41.6 Å². The van der Waals surface area contributed by atoms with E-state index >= 15 is 0 Å². The summed E-state index contributed by atoms with van der Waals surface area (Å²) in [7, 11) is 0. The highest BCUT2D eigenvalue weighted by atomic mass is 16.6. The number of hydrogen-bond donors (Lipinski definition) is 1. The highest BCUT2D eigenvalue weighted by Gasteiger charge is 2.33. The van der Waals surface area contributed by atoms with Crippen LogP contribution in [0.1, 0.15) is 60.8 Å². The summed E-state index contributed by atoms with van der Waals surface area (Å²) >= 11 is 0. The van der Waals surface area contributed by atoms with Crippen molar-refractivity contribution >= 4 is 6.09 Å². The summed E-state index contributed by atoms with van der Waals surface area (Å²) in [6.07, 6.45) is 3.15. The summed E-state index contributed by atoms with van der Waals surface area (Å²) in [5.41, 5.74) is -0.423. The molecule has 1 aliphatic rings. The van der Waals surface area contributed by atoms with Crippen molar-refractivity contribution in [2.45, 2.75) is 84.5 Å². The maximum Gasteiger partial charge on any atom is 0.410 e. The molecule has 0 aromatic heterocycles. The molecule has 0 radical (unpaired) electrons. The fraction of sp³-hybridized carbons (Fsp3) is 0.933. The Balaban J connectivity index is 2.69. The molecule has 0 aliphatic carbocycles. The molecule has 1 N–H and O–H groups in total. The first kappa shape index (κ1) is 16.3. The van der Waals surface area contributed by atoms with Gasteiger partial charge in [-0.1, -0.05) is 13.8 Å². The van der Waals surface area contributed by atoms with Gasteiger partial charge in [0.1, 0.15) is 5.60 Å². The number of nitrogens with one attached hydrogen (secondary N) is 1. The maximum absolute atomic E-state index is 12.3. The highest BCUT2D eigenvalue weighted by Crippen LogP contribution is 2.22. The van der Waals surface area contributed by atoms with Gasteiger partial charge in [0.05, 0.1) is 6.04 Å². The molecule has 1 saturated heterocycles. The molecule has 0 aromatic rings. The molecule has 0 bridgehead atoms. The third-order valence-electron chi connectivity index (χ3n) is 3.35. The van der Waals surface area contributed by atoms with E-state index in [1.54, 1.807) is 0 Å². The summed E-state index contributed by atoms with van der Waals surface area (Å²) in [5, 5.41) is 3.51. The van der Waals surface area contributed by atoms with Gasteiger partial charge in [-0.3, -0.25) is 0 Å². The minimum atomic E-state index is -0.423. The van der Waals surface area contributed by atoms with Crippen LogP contribution in [0, 0.1) is 0 Å². The molecule has 1 heterocycles. The SMILES string of the molecule is CC(C)N[C@@H](C)[C@@H]1CCCCN1C(=O)OC(C)(C)C. The molecule has 0 aromatic carbocycles. The van der Waals surface area contributed by atoms with Crippen molar-refractivity contribution in [1.82, 2.24) is 10.2 Å². The summed E-state index contributed by atoms with van der Waals surface area (Å²) in [6.45, 7) is 13.0. The molecule has 4 nitrogen and oxygen atoms in total. The quantitative estimate of drug-likeness (QED) is 0.856. The lowest BCUT2D eigenvalue weighted by molar-refractivity contribution is 0.00521. The number of likely N-dealkylation sites (tertiary alicyclic amines) is 1. The van der Waals surface area contributed by atoms with Crippen molar-refractivity contribution in [2.24, 2.45) is 0 Å². The second kappa shape index (κ2) is 6.60. The first-order chi connectivity index (χ1) is 8.70. The number of rotatable bonds is 3. The van der Waals surface area contributed by atoms with Crippen LogP contribution < -0.4 is 5.32 Å². The zero-order valence-corrected chi connectivity index (χ0v) is 13.3. The lowest BCUT2D eigenvalue weighted by Gasteiger charge is -2.40. The standard InChI is InChI=1S/C15H30N2O2/c1-11(2)16-12(3)13-9-7-8-10-17(13)14(18)19-15(4,5)6/h11-13,16H,7-10H2,1-6H3/t12-,13-/m0/s1. The molecule has 4 heteroatoms. The number of ether oxygens (including phenoxy) is 1. The Hall–Kier alpha value is -0.770. The fourth-order valence-corrected chi connectivity index (χ4v) is 2.66. The predicted octanol–water partition coefficient (Wildman–Crippen LogP) is 3.16.